The highest BCUT2D eigenvalue weighted by Crippen LogP contribution is 2.13. The Morgan fingerprint density at radius 3 is 2.88 bits per heavy atom. The van der Waals surface area contributed by atoms with E-state index in [1.165, 1.54) is 13.0 Å². The molecule has 0 saturated carbocycles. The van der Waals surface area contributed by atoms with Crippen molar-refractivity contribution in [2.24, 2.45) is 10.7 Å². The monoisotopic (exact) mass is 231 g/mol. The van der Waals surface area contributed by atoms with Gasteiger partial charge in [-0.3, -0.25) is 4.99 Å². The molecule has 1 aliphatic rings. The maximum atomic E-state index is 6.04. The van der Waals surface area contributed by atoms with E-state index in [9.17, 15) is 0 Å². The minimum atomic E-state index is 0.365. The van der Waals surface area contributed by atoms with E-state index < -0.39 is 0 Å². The number of hydrogen-bond acceptors (Lipinski definition) is 2. The summed E-state index contributed by atoms with van der Waals surface area (Å²) < 4.78 is 0. The summed E-state index contributed by atoms with van der Waals surface area (Å²) >= 11 is 0. The number of rotatable bonds is 3. The van der Waals surface area contributed by atoms with Gasteiger partial charge in [0.1, 0.15) is 5.84 Å². The molecule has 0 aromatic heterocycles. The van der Waals surface area contributed by atoms with E-state index in [1.54, 1.807) is 0 Å². The lowest BCUT2D eigenvalue weighted by Gasteiger charge is -2.29. The van der Waals surface area contributed by atoms with E-state index >= 15 is 0 Å². The minimum absolute atomic E-state index is 0.365. The second-order valence-electron chi connectivity index (χ2n) is 4.57. The normalized spacial score (nSPS) is 22.6. The first-order valence-corrected chi connectivity index (χ1v) is 6.40. The van der Waals surface area contributed by atoms with Crippen LogP contribution in [0.1, 0.15) is 25.3 Å². The highest BCUT2D eigenvalue weighted by Gasteiger charge is 2.18. The van der Waals surface area contributed by atoms with Crippen LogP contribution in [0, 0.1) is 0 Å². The molecule has 1 saturated heterocycles. The van der Waals surface area contributed by atoms with Crippen molar-refractivity contribution in [2.45, 2.75) is 25.8 Å². The maximum absolute atomic E-state index is 6.04. The second kappa shape index (κ2) is 5.82. The van der Waals surface area contributed by atoms with Crippen molar-refractivity contribution in [1.82, 2.24) is 4.90 Å². The molecule has 3 heteroatoms. The molecule has 1 aromatic rings. The van der Waals surface area contributed by atoms with Gasteiger partial charge in [0.05, 0.1) is 6.04 Å². The van der Waals surface area contributed by atoms with Gasteiger partial charge in [0.25, 0.3) is 0 Å². The predicted molar refractivity (Wildman–Crippen MR) is 72.3 cm³/mol. The number of likely N-dealkylation sites (N-methyl/N-ethyl adjacent to an activating group) is 1. The molecule has 1 atom stereocenters. The van der Waals surface area contributed by atoms with Crippen LogP contribution >= 0.6 is 0 Å². The van der Waals surface area contributed by atoms with Gasteiger partial charge in [-0.15, -0.1) is 0 Å². The summed E-state index contributed by atoms with van der Waals surface area (Å²) in [5.74, 6) is 0.675. The third kappa shape index (κ3) is 3.30. The largest absolute Gasteiger partial charge is 0.383 e. The first kappa shape index (κ1) is 12.1. The van der Waals surface area contributed by atoms with Crippen LogP contribution in [-0.2, 0) is 0 Å². The Hall–Kier alpha value is -1.35. The third-order valence-corrected chi connectivity index (χ3v) is 3.32. The molecule has 17 heavy (non-hydrogen) atoms. The van der Waals surface area contributed by atoms with Crippen molar-refractivity contribution in [3.8, 4) is 0 Å². The zero-order valence-electron chi connectivity index (χ0n) is 10.5. The van der Waals surface area contributed by atoms with Gasteiger partial charge < -0.3 is 10.6 Å². The van der Waals surface area contributed by atoms with Gasteiger partial charge in [-0.25, -0.2) is 0 Å². The van der Waals surface area contributed by atoms with E-state index in [4.69, 9.17) is 5.73 Å². The summed E-state index contributed by atoms with van der Waals surface area (Å²) in [6, 6.07) is 10.4. The third-order valence-electron chi connectivity index (χ3n) is 3.32. The Balaban J connectivity index is 2.03. The molecular weight excluding hydrogens is 210 g/mol. The number of nitrogens with two attached hydrogens (primary N) is 1. The average molecular weight is 231 g/mol. The number of amidine groups is 1. The summed E-state index contributed by atoms with van der Waals surface area (Å²) in [5.41, 5.74) is 7.07. The van der Waals surface area contributed by atoms with E-state index in [0.717, 1.165) is 25.1 Å². The molecule has 0 bridgehead atoms. The fourth-order valence-corrected chi connectivity index (χ4v) is 2.30. The van der Waals surface area contributed by atoms with Crippen molar-refractivity contribution in [3.05, 3.63) is 35.9 Å². The van der Waals surface area contributed by atoms with Gasteiger partial charge in [0.2, 0.25) is 0 Å². The molecule has 0 radical (unpaired) electrons. The molecule has 0 spiro atoms. The van der Waals surface area contributed by atoms with E-state index in [1.807, 2.05) is 30.3 Å². The summed E-state index contributed by atoms with van der Waals surface area (Å²) in [6.45, 7) is 5.56. The molecule has 2 N–H and O–H groups in total. The molecule has 1 unspecified atom stereocenters. The number of aliphatic imine (C=N–C) groups is 1. The van der Waals surface area contributed by atoms with Crippen molar-refractivity contribution < 1.29 is 0 Å². The van der Waals surface area contributed by atoms with Crippen LogP contribution in [0.4, 0.5) is 0 Å². The number of benzene rings is 1. The topological polar surface area (TPSA) is 41.6 Å². The van der Waals surface area contributed by atoms with Crippen LogP contribution in [0.3, 0.4) is 0 Å². The molecule has 0 amide bonds. The van der Waals surface area contributed by atoms with Crippen LogP contribution in [0.25, 0.3) is 0 Å². The number of likely N-dealkylation sites (tertiary alicyclic amines) is 1. The Bertz CT molecular complexity index is 372. The van der Waals surface area contributed by atoms with Gasteiger partial charge in [0, 0.05) is 12.1 Å². The first-order chi connectivity index (χ1) is 8.29. The molecule has 2 rings (SSSR count). The minimum Gasteiger partial charge on any atom is -0.383 e. The van der Waals surface area contributed by atoms with Gasteiger partial charge in [0.15, 0.2) is 0 Å². The highest BCUT2D eigenvalue weighted by atomic mass is 15.1. The Morgan fingerprint density at radius 2 is 2.18 bits per heavy atom. The molecule has 1 aliphatic heterocycles. The fourth-order valence-electron chi connectivity index (χ4n) is 2.30. The standard InChI is InChI=1S/C14H21N3/c1-2-17-10-6-9-13(11-17)16-14(15)12-7-4-3-5-8-12/h3-5,7-8,13H,2,6,9-11H2,1H3,(H2,15,16). The van der Waals surface area contributed by atoms with Gasteiger partial charge >= 0.3 is 0 Å². The smallest absolute Gasteiger partial charge is 0.125 e. The summed E-state index contributed by atoms with van der Waals surface area (Å²) in [4.78, 5) is 7.10. The van der Waals surface area contributed by atoms with Crippen LogP contribution in [0.2, 0.25) is 0 Å². The first-order valence-electron chi connectivity index (χ1n) is 6.40. The van der Waals surface area contributed by atoms with Crippen LogP contribution in [-0.4, -0.2) is 36.4 Å². The van der Waals surface area contributed by atoms with Crippen LogP contribution in [0.5, 0.6) is 0 Å². The quantitative estimate of drug-likeness (QED) is 0.637. The van der Waals surface area contributed by atoms with Crippen molar-refractivity contribution in [3.63, 3.8) is 0 Å². The molecule has 3 nitrogen and oxygen atoms in total. The SMILES string of the molecule is CCN1CCCC(N=C(N)c2ccccc2)C1. The number of nitrogens with zero attached hydrogens (tertiary/aromatic N) is 2. The fraction of sp³-hybridized carbons (Fsp3) is 0.500. The van der Waals surface area contributed by atoms with Gasteiger partial charge in [-0.05, 0) is 25.9 Å². The average Bonchev–Trinajstić information content (AvgIpc) is 2.40. The predicted octanol–water partition coefficient (Wildman–Crippen LogP) is 1.88. The number of piperidine rings is 1. The Labute approximate surface area is 103 Å². The lowest BCUT2D eigenvalue weighted by Crippen LogP contribution is -2.38. The van der Waals surface area contributed by atoms with Gasteiger partial charge in [-0.2, -0.15) is 0 Å². The van der Waals surface area contributed by atoms with Crippen molar-refractivity contribution in [2.75, 3.05) is 19.6 Å². The molecule has 1 heterocycles. The molecule has 0 aliphatic carbocycles. The highest BCUT2D eigenvalue weighted by molar-refractivity contribution is 5.97. The molecule has 92 valence electrons. The lowest BCUT2D eigenvalue weighted by molar-refractivity contribution is 0.220. The lowest BCUT2D eigenvalue weighted by atomic mass is 10.1. The Morgan fingerprint density at radius 1 is 1.41 bits per heavy atom. The van der Waals surface area contributed by atoms with Crippen LogP contribution < -0.4 is 5.73 Å². The molecule has 1 fully saturated rings. The van der Waals surface area contributed by atoms with Gasteiger partial charge in [-0.1, -0.05) is 37.3 Å². The zero-order chi connectivity index (χ0) is 12.1. The van der Waals surface area contributed by atoms with E-state index in [-0.39, 0.29) is 0 Å². The van der Waals surface area contributed by atoms with Crippen molar-refractivity contribution in [1.29, 1.82) is 0 Å². The molecule has 1 aromatic carbocycles. The zero-order valence-corrected chi connectivity index (χ0v) is 10.5. The summed E-state index contributed by atoms with van der Waals surface area (Å²) in [5, 5.41) is 0. The molecular formula is C14H21N3. The maximum Gasteiger partial charge on any atom is 0.125 e. The van der Waals surface area contributed by atoms with Crippen LogP contribution in [0.15, 0.2) is 35.3 Å². The summed E-state index contributed by atoms with van der Waals surface area (Å²) in [7, 11) is 0. The van der Waals surface area contributed by atoms with Crippen molar-refractivity contribution >= 4 is 5.84 Å². The van der Waals surface area contributed by atoms with E-state index in [2.05, 4.69) is 16.8 Å². The summed E-state index contributed by atoms with van der Waals surface area (Å²) in [6.07, 6.45) is 2.38. The second-order valence-corrected chi connectivity index (χ2v) is 4.57. The number of hydrogen-bond donors (Lipinski definition) is 1. The Kier molecular flexibility index (Phi) is 4.15. The van der Waals surface area contributed by atoms with E-state index in [0.29, 0.717) is 11.9 Å².